The first-order valence-corrected chi connectivity index (χ1v) is 7.13. The zero-order valence-corrected chi connectivity index (χ0v) is 12.1. The highest BCUT2D eigenvalue weighted by atomic mass is 19.1. The number of nitrogens with one attached hydrogen (secondary N) is 2. The fraction of sp³-hybridized carbons (Fsp3) is 0.235. The smallest absolute Gasteiger partial charge is 0.315 e. The number of rotatable bonds is 6. The molecule has 0 aliphatic rings. The van der Waals surface area contributed by atoms with Gasteiger partial charge in [0.15, 0.2) is 0 Å². The van der Waals surface area contributed by atoms with Gasteiger partial charge in [-0.1, -0.05) is 42.5 Å². The molecule has 2 aromatic rings. The minimum Gasteiger partial charge on any atom is -0.394 e. The summed E-state index contributed by atoms with van der Waals surface area (Å²) in [7, 11) is 0. The van der Waals surface area contributed by atoms with Crippen molar-refractivity contribution in [1.29, 1.82) is 0 Å². The lowest BCUT2D eigenvalue weighted by molar-refractivity contribution is 0.217. The number of amides is 2. The lowest BCUT2D eigenvalue weighted by atomic mass is 10.1. The molecule has 0 aliphatic heterocycles. The Bertz CT molecular complexity index is 605. The van der Waals surface area contributed by atoms with Gasteiger partial charge in [-0.05, 0) is 29.7 Å². The predicted octanol–water partition coefficient (Wildman–Crippen LogP) is 2.40. The second-order valence-electron chi connectivity index (χ2n) is 4.93. The molecule has 4 nitrogen and oxygen atoms in total. The number of carbonyl (C=O) groups is 1. The van der Waals surface area contributed by atoms with Crippen LogP contribution in [-0.2, 0) is 6.42 Å². The zero-order valence-electron chi connectivity index (χ0n) is 12.1. The Hall–Kier alpha value is -2.40. The van der Waals surface area contributed by atoms with Crippen molar-refractivity contribution < 1.29 is 14.3 Å². The van der Waals surface area contributed by atoms with E-state index in [9.17, 15) is 14.3 Å². The first-order valence-electron chi connectivity index (χ1n) is 7.13. The van der Waals surface area contributed by atoms with Crippen LogP contribution in [-0.4, -0.2) is 24.3 Å². The minimum atomic E-state index is -0.449. The standard InChI is InChI=1S/C17H19FN2O2/c18-15-8-4-5-13(11-15)9-10-19-17(22)20-16(12-21)14-6-2-1-3-7-14/h1-8,11,16,21H,9-10,12H2,(H2,19,20,22). The molecule has 3 N–H and O–H groups in total. The maximum atomic E-state index is 13.0. The van der Waals surface area contributed by atoms with Crippen molar-refractivity contribution in [2.45, 2.75) is 12.5 Å². The van der Waals surface area contributed by atoms with Gasteiger partial charge in [0.05, 0.1) is 12.6 Å². The van der Waals surface area contributed by atoms with Crippen LogP contribution in [0.1, 0.15) is 17.2 Å². The first-order chi connectivity index (χ1) is 10.7. The molecular formula is C17H19FN2O2. The molecule has 0 spiro atoms. The van der Waals surface area contributed by atoms with Gasteiger partial charge in [-0.15, -0.1) is 0 Å². The Kier molecular flexibility index (Phi) is 5.91. The summed E-state index contributed by atoms with van der Waals surface area (Å²) in [4.78, 5) is 11.8. The average Bonchev–Trinajstić information content (AvgIpc) is 2.53. The minimum absolute atomic E-state index is 0.179. The van der Waals surface area contributed by atoms with Crippen LogP contribution in [0.2, 0.25) is 0 Å². The van der Waals surface area contributed by atoms with Crippen LogP contribution < -0.4 is 10.6 Å². The molecule has 0 heterocycles. The number of hydrogen-bond donors (Lipinski definition) is 3. The van der Waals surface area contributed by atoms with Crippen LogP contribution >= 0.6 is 0 Å². The summed E-state index contributed by atoms with van der Waals surface area (Å²) in [5, 5.41) is 14.8. The second-order valence-corrected chi connectivity index (χ2v) is 4.93. The van der Waals surface area contributed by atoms with Crippen molar-refractivity contribution in [3.05, 3.63) is 71.5 Å². The number of aliphatic hydroxyl groups excluding tert-OH is 1. The number of halogens is 1. The van der Waals surface area contributed by atoms with E-state index in [2.05, 4.69) is 10.6 Å². The van der Waals surface area contributed by atoms with Gasteiger partial charge in [-0.25, -0.2) is 9.18 Å². The predicted molar refractivity (Wildman–Crippen MR) is 82.9 cm³/mol. The molecule has 2 aromatic carbocycles. The molecule has 2 rings (SSSR count). The van der Waals surface area contributed by atoms with Crippen molar-refractivity contribution in [3.8, 4) is 0 Å². The largest absolute Gasteiger partial charge is 0.394 e. The maximum absolute atomic E-state index is 13.0. The highest BCUT2D eigenvalue weighted by Crippen LogP contribution is 2.11. The van der Waals surface area contributed by atoms with Crippen LogP contribution in [0.25, 0.3) is 0 Å². The third-order valence-corrected chi connectivity index (χ3v) is 3.28. The highest BCUT2D eigenvalue weighted by Gasteiger charge is 2.12. The first kappa shape index (κ1) is 16.0. The van der Waals surface area contributed by atoms with Gasteiger partial charge in [0, 0.05) is 6.54 Å². The van der Waals surface area contributed by atoms with Crippen LogP contribution in [0.5, 0.6) is 0 Å². The number of hydrogen-bond acceptors (Lipinski definition) is 2. The summed E-state index contributed by atoms with van der Waals surface area (Å²) < 4.78 is 13.0. The number of carbonyl (C=O) groups excluding carboxylic acids is 1. The van der Waals surface area contributed by atoms with Crippen molar-refractivity contribution in [1.82, 2.24) is 10.6 Å². The zero-order chi connectivity index (χ0) is 15.8. The summed E-state index contributed by atoms with van der Waals surface area (Å²) in [6.07, 6.45) is 0.542. The maximum Gasteiger partial charge on any atom is 0.315 e. The monoisotopic (exact) mass is 302 g/mol. The summed E-state index contributed by atoms with van der Waals surface area (Å²) in [6.45, 7) is 0.212. The fourth-order valence-corrected chi connectivity index (χ4v) is 2.14. The van der Waals surface area contributed by atoms with Gasteiger partial charge in [-0.3, -0.25) is 0 Å². The normalized spacial score (nSPS) is 11.7. The van der Waals surface area contributed by atoms with Gasteiger partial charge in [-0.2, -0.15) is 0 Å². The highest BCUT2D eigenvalue weighted by molar-refractivity contribution is 5.74. The topological polar surface area (TPSA) is 61.4 Å². The lowest BCUT2D eigenvalue weighted by Gasteiger charge is -2.17. The molecule has 0 bridgehead atoms. The van der Waals surface area contributed by atoms with E-state index < -0.39 is 6.04 Å². The van der Waals surface area contributed by atoms with Crippen LogP contribution in [0.4, 0.5) is 9.18 Å². The average molecular weight is 302 g/mol. The molecule has 0 aliphatic carbocycles. The number of benzene rings is 2. The fourth-order valence-electron chi connectivity index (χ4n) is 2.14. The second kappa shape index (κ2) is 8.14. The molecule has 5 heteroatoms. The molecule has 22 heavy (non-hydrogen) atoms. The molecular weight excluding hydrogens is 283 g/mol. The van der Waals surface area contributed by atoms with E-state index in [1.54, 1.807) is 6.07 Å². The SMILES string of the molecule is O=C(NCCc1cccc(F)c1)NC(CO)c1ccccc1. The van der Waals surface area contributed by atoms with Crippen molar-refractivity contribution in [2.24, 2.45) is 0 Å². The third kappa shape index (κ3) is 4.86. The number of urea groups is 1. The van der Waals surface area contributed by atoms with E-state index in [1.807, 2.05) is 36.4 Å². The van der Waals surface area contributed by atoms with E-state index in [4.69, 9.17) is 0 Å². The van der Waals surface area contributed by atoms with Crippen molar-refractivity contribution >= 4 is 6.03 Å². The molecule has 1 unspecified atom stereocenters. The van der Waals surface area contributed by atoms with E-state index in [-0.39, 0.29) is 18.5 Å². The van der Waals surface area contributed by atoms with E-state index >= 15 is 0 Å². The molecule has 0 aromatic heterocycles. The van der Waals surface area contributed by atoms with Gasteiger partial charge in [0.25, 0.3) is 0 Å². The van der Waals surface area contributed by atoms with Gasteiger partial charge < -0.3 is 15.7 Å². The Morgan fingerprint density at radius 1 is 1.14 bits per heavy atom. The van der Waals surface area contributed by atoms with Crippen LogP contribution in [0, 0.1) is 5.82 Å². The molecule has 0 radical (unpaired) electrons. The van der Waals surface area contributed by atoms with Gasteiger partial charge in [0.2, 0.25) is 0 Å². The summed E-state index contributed by atoms with van der Waals surface area (Å²) in [6, 6.07) is 14.7. The van der Waals surface area contributed by atoms with E-state index in [0.29, 0.717) is 13.0 Å². The van der Waals surface area contributed by atoms with Crippen molar-refractivity contribution in [2.75, 3.05) is 13.2 Å². The Labute approximate surface area is 129 Å². The van der Waals surface area contributed by atoms with E-state index in [0.717, 1.165) is 11.1 Å². The van der Waals surface area contributed by atoms with Crippen LogP contribution in [0.15, 0.2) is 54.6 Å². The quantitative estimate of drug-likeness (QED) is 0.767. The Morgan fingerprint density at radius 3 is 2.59 bits per heavy atom. The summed E-state index contributed by atoms with van der Waals surface area (Å²) >= 11 is 0. The molecule has 0 saturated carbocycles. The third-order valence-electron chi connectivity index (χ3n) is 3.28. The van der Waals surface area contributed by atoms with Gasteiger partial charge in [0.1, 0.15) is 5.82 Å². The van der Waals surface area contributed by atoms with E-state index in [1.165, 1.54) is 12.1 Å². The molecule has 2 amide bonds. The Balaban J connectivity index is 1.80. The summed E-state index contributed by atoms with van der Waals surface area (Å²) in [5.41, 5.74) is 1.66. The Morgan fingerprint density at radius 2 is 1.91 bits per heavy atom. The van der Waals surface area contributed by atoms with Crippen molar-refractivity contribution in [3.63, 3.8) is 0 Å². The molecule has 1 atom stereocenters. The lowest BCUT2D eigenvalue weighted by Crippen LogP contribution is -2.40. The molecule has 116 valence electrons. The molecule has 0 saturated heterocycles. The summed E-state index contributed by atoms with van der Waals surface area (Å²) in [5.74, 6) is -0.286. The number of aliphatic hydroxyl groups is 1. The molecule has 0 fully saturated rings. The van der Waals surface area contributed by atoms with Gasteiger partial charge >= 0.3 is 6.03 Å². The van der Waals surface area contributed by atoms with Crippen LogP contribution in [0.3, 0.4) is 0 Å².